The van der Waals surface area contributed by atoms with Crippen molar-refractivity contribution in [2.75, 3.05) is 0 Å². The van der Waals surface area contributed by atoms with Gasteiger partial charge in [-0.05, 0) is 12.5 Å². The predicted octanol–water partition coefficient (Wildman–Crippen LogP) is 1.14. The van der Waals surface area contributed by atoms with Gasteiger partial charge >= 0.3 is 0 Å². The van der Waals surface area contributed by atoms with Crippen LogP contribution in [0.2, 0.25) is 0 Å². The first-order valence-electron chi connectivity index (χ1n) is 3.42. The molecule has 0 bridgehead atoms. The van der Waals surface area contributed by atoms with Crippen molar-refractivity contribution in [3.63, 3.8) is 0 Å². The molecule has 1 unspecified atom stereocenters. The van der Waals surface area contributed by atoms with Crippen molar-refractivity contribution >= 4 is 6.21 Å². The van der Waals surface area contributed by atoms with Crippen LogP contribution in [0.5, 0.6) is 0 Å². The van der Waals surface area contributed by atoms with Gasteiger partial charge in [-0.1, -0.05) is 6.08 Å². The Kier molecular flexibility index (Phi) is 1.51. The van der Waals surface area contributed by atoms with Crippen molar-refractivity contribution in [3.05, 3.63) is 24.1 Å². The van der Waals surface area contributed by atoms with Crippen LogP contribution in [0.25, 0.3) is 0 Å². The number of allylic oxidation sites excluding steroid dienone is 1. The van der Waals surface area contributed by atoms with Crippen molar-refractivity contribution in [1.29, 1.82) is 0 Å². The minimum Gasteiger partial charge on any atom is -0.345 e. The van der Waals surface area contributed by atoms with Gasteiger partial charge in [0.2, 0.25) is 0 Å². The SMILES string of the molecule is C1=CCC(c2conn2)N=C1. The highest BCUT2D eigenvalue weighted by molar-refractivity contribution is 5.72. The summed E-state index contributed by atoms with van der Waals surface area (Å²) < 4.78 is 4.61. The van der Waals surface area contributed by atoms with E-state index < -0.39 is 0 Å². The zero-order valence-electron chi connectivity index (χ0n) is 5.84. The van der Waals surface area contributed by atoms with Crippen LogP contribution in [-0.4, -0.2) is 16.6 Å². The molecule has 0 amide bonds. The first-order chi connectivity index (χ1) is 5.47. The van der Waals surface area contributed by atoms with Gasteiger partial charge in [-0.2, -0.15) is 0 Å². The van der Waals surface area contributed by atoms with E-state index in [0.29, 0.717) is 0 Å². The summed E-state index contributed by atoms with van der Waals surface area (Å²) in [6.07, 6.45) is 8.14. The second-order valence-electron chi connectivity index (χ2n) is 2.31. The molecular weight excluding hydrogens is 142 g/mol. The maximum Gasteiger partial charge on any atom is 0.149 e. The maximum atomic E-state index is 4.61. The molecule has 56 valence electrons. The van der Waals surface area contributed by atoms with E-state index in [2.05, 4.69) is 19.9 Å². The molecule has 0 saturated carbocycles. The molecular formula is C7H7N3O. The first kappa shape index (κ1) is 6.27. The van der Waals surface area contributed by atoms with Gasteiger partial charge in [-0.25, -0.2) is 0 Å². The van der Waals surface area contributed by atoms with E-state index in [1.807, 2.05) is 12.2 Å². The van der Waals surface area contributed by atoms with Crippen LogP contribution in [0, 0.1) is 0 Å². The molecule has 1 atom stereocenters. The van der Waals surface area contributed by atoms with E-state index >= 15 is 0 Å². The smallest absolute Gasteiger partial charge is 0.149 e. The number of nitrogens with zero attached hydrogens (tertiary/aromatic N) is 3. The van der Waals surface area contributed by atoms with Gasteiger partial charge in [0, 0.05) is 11.5 Å². The summed E-state index contributed by atoms with van der Waals surface area (Å²) >= 11 is 0. The largest absolute Gasteiger partial charge is 0.345 e. The molecule has 0 aromatic carbocycles. The van der Waals surface area contributed by atoms with Crippen LogP contribution in [0.15, 0.2) is 27.9 Å². The second-order valence-corrected chi connectivity index (χ2v) is 2.31. The van der Waals surface area contributed by atoms with Crippen LogP contribution in [0.1, 0.15) is 18.2 Å². The van der Waals surface area contributed by atoms with E-state index in [1.54, 1.807) is 6.21 Å². The summed E-state index contributed by atoms with van der Waals surface area (Å²) in [6, 6.07) is 0.103. The molecule has 0 saturated heterocycles. The van der Waals surface area contributed by atoms with Gasteiger partial charge in [-0.3, -0.25) is 4.99 Å². The van der Waals surface area contributed by atoms with Crippen molar-refractivity contribution < 1.29 is 4.52 Å². The third-order valence-electron chi connectivity index (χ3n) is 1.57. The molecule has 0 radical (unpaired) electrons. The zero-order valence-corrected chi connectivity index (χ0v) is 5.84. The van der Waals surface area contributed by atoms with Crippen molar-refractivity contribution in [1.82, 2.24) is 10.4 Å². The van der Waals surface area contributed by atoms with E-state index in [0.717, 1.165) is 12.1 Å². The molecule has 2 heterocycles. The van der Waals surface area contributed by atoms with Crippen LogP contribution >= 0.6 is 0 Å². The number of hydrogen-bond acceptors (Lipinski definition) is 4. The number of rotatable bonds is 1. The van der Waals surface area contributed by atoms with Gasteiger partial charge < -0.3 is 4.52 Å². The molecule has 1 aliphatic heterocycles. The Morgan fingerprint density at radius 1 is 1.55 bits per heavy atom. The summed E-state index contributed by atoms with van der Waals surface area (Å²) in [5.74, 6) is 0. The summed E-state index contributed by atoms with van der Waals surface area (Å²) in [7, 11) is 0. The molecule has 1 aromatic rings. The first-order valence-corrected chi connectivity index (χ1v) is 3.42. The van der Waals surface area contributed by atoms with Crippen molar-refractivity contribution in [2.24, 2.45) is 4.99 Å². The Labute approximate surface area is 63.6 Å². The number of aromatic nitrogens is 2. The molecule has 1 aromatic heterocycles. The average molecular weight is 149 g/mol. The Hall–Kier alpha value is -1.45. The van der Waals surface area contributed by atoms with Crippen LogP contribution in [-0.2, 0) is 0 Å². The number of aliphatic imine (C=N–C) groups is 1. The lowest BCUT2D eigenvalue weighted by molar-refractivity contribution is 0.392. The Morgan fingerprint density at radius 2 is 2.55 bits per heavy atom. The average Bonchev–Trinajstić information content (AvgIpc) is 2.58. The topological polar surface area (TPSA) is 51.3 Å². The molecule has 1 aliphatic rings. The monoisotopic (exact) mass is 149 g/mol. The van der Waals surface area contributed by atoms with Gasteiger partial charge in [-0.15, -0.1) is 5.10 Å². The molecule has 0 aliphatic carbocycles. The second kappa shape index (κ2) is 2.65. The van der Waals surface area contributed by atoms with Gasteiger partial charge in [0.1, 0.15) is 18.0 Å². The molecule has 4 nitrogen and oxygen atoms in total. The molecule has 0 fully saturated rings. The highest BCUT2D eigenvalue weighted by Crippen LogP contribution is 2.20. The third-order valence-corrected chi connectivity index (χ3v) is 1.57. The minimum absolute atomic E-state index is 0.103. The lowest BCUT2D eigenvalue weighted by atomic mass is 10.1. The number of hydrogen-bond donors (Lipinski definition) is 0. The van der Waals surface area contributed by atoms with E-state index in [4.69, 9.17) is 0 Å². The van der Waals surface area contributed by atoms with Gasteiger partial charge in [0.15, 0.2) is 0 Å². The summed E-state index contributed by atoms with van der Waals surface area (Å²) in [5, 5.41) is 7.15. The van der Waals surface area contributed by atoms with E-state index in [9.17, 15) is 0 Å². The van der Waals surface area contributed by atoms with Crippen molar-refractivity contribution in [2.45, 2.75) is 12.5 Å². The lowest BCUT2D eigenvalue weighted by Gasteiger charge is -2.06. The van der Waals surface area contributed by atoms with E-state index in [-0.39, 0.29) is 6.04 Å². The Bertz CT molecular complexity index is 276. The third kappa shape index (κ3) is 1.19. The number of dihydropyridines is 1. The summed E-state index contributed by atoms with van der Waals surface area (Å²) in [4.78, 5) is 4.20. The van der Waals surface area contributed by atoms with Crippen LogP contribution in [0.4, 0.5) is 0 Å². The molecule has 4 heteroatoms. The Morgan fingerprint density at radius 3 is 3.18 bits per heavy atom. The standard InChI is InChI=1S/C7H7N3O/c1-2-4-8-6(3-1)7-5-11-10-9-7/h1-2,4-6H,3H2. The van der Waals surface area contributed by atoms with Gasteiger partial charge in [0.25, 0.3) is 0 Å². The summed E-state index contributed by atoms with van der Waals surface area (Å²) in [5.41, 5.74) is 0.797. The highest BCUT2D eigenvalue weighted by Gasteiger charge is 2.12. The quantitative estimate of drug-likeness (QED) is 0.601. The van der Waals surface area contributed by atoms with Crippen LogP contribution in [0.3, 0.4) is 0 Å². The van der Waals surface area contributed by atoms with E-state index in [1.165, 1.54) is 6.26 Å². The maximum absolute atomic E-state index is 4.61. The fourth-order valence-electron chi connectivity index (χ4n) is 0.997. The minimum atomic E-state index is 0.103. The highest BCUT2D eigenvalue weighted by atomic mass is 16.5. The fraction of sp³-hybridized carbons (Fsp3) is 0.286. The molecule has 0 N–H and O–H groups in total. The lowest BCUT2D eigenvalue weighted by Crippen LogP contribution is -1.97. The molecule has 0 spiro atoms. The predicted molar refractivity (Wildman–Crippen MR) is 39.3 cm³/mol. The van der Waals surface area contributed by atoms with Gasteiger partial charge in [0.05, 0.1) is 0 Å². The fourth-order valence-corrected chi connectivity index (χ4v) is 0.997. The normalized spacial score (nSPS) is 22.4. The molecule has 2 rings (SSSR count). The van der Waals surface area contributed by atoms with Crippen LogP contribution < -0.4 is 0 Å². The van der Waals surface area contributed by atoms with Crippen molar-refractivity contribution in [3.8, 4) is 0 Å². The zero-order chi connectivity index (χ0) is 7.52. The summed E-state index contributed by atoms with van der Waals surface area (Å²) in [6.45, 7) is 0. The molecule has 11 heavy (non-hydrogen) atoms. The Balaban J connectivity index is 2.19.